The van der Waals surface area contributed by atoms with Crippen molar-refractivity contribution in [2.75, 3.05) is 26.4 Å². The summed E-state index contributed by atoms with van der Waals surface area (Å²) < 4.78 is 10.4. The zero-order valence-electron chi connectivity index (χ0n) is 16.2. The van der Waals surface area contributed by atoms with Crippen LogP contribution in [-0.4, -0.2) is 58.2 Å². The first-order valence-corrected chi connectivity index (χ1v) is 10.3. The molecule has 0 aromatic heterocycles. The lowest BCUT2D eigenvalue weighted by Gasteiger charge is -2.31. The van der Waals surface area contributed by atoms with Crippen molar-refractivity contribution in [3.63, 3.8) is 0 Å². The molecule has 0 spiro atoms. The third-order valence-corrected chi connectivity index (χ3v) is 6.22. The minimum Gasteiger partial charge on any atom is -0.454 e. The molecule has 3 aliphatic heterocycles. The topological polar surface area (TPSA) is 119 Å². The molecule has 1 aromatic rings. The number of nitrogens with zero attached hydrogens (tertiary/aromatic N) is 3. The van der Waals surface area contributed by atoms with E-state index in [-0.39, 0.29) is 41.2 Å². The summed E-state index contributed by atoms with van der Waals surface area (Å²) in [5.74, 6) is 0.191. The first-order chi connectivity index (χ1) is 14.3. The summed E-state index contributed by atoms with van der Waals surface area (Å²) in [6, 6.07) is 2.62. The highest BCUT2D eigenvalue weighted by molar-refractivity contribution is 8.18. The van der Waals surface area contributed by atoms with Crippen LogP contribution in [0.2, 0.25) is 0 Å². The van der Waals surface area contributed by atoms with Crippen LogP contribution in [0, 0.1) is 16.0 Å². The number of benzene rings is 1. The van der Waals surface area contributed by atoms with Crippen molar-refractivity contribution in [2.24, 2.45) is 5.92 Å². The normalized spacial score (nSPS) is 20.4. The second kappa shape index (κ2) is 7.98. The summed E-state index contributed by atoms with van der Waals surface area (Å²) in [5, 5.41) is 10.8. The summed E-state index contributed by atoms with van der Waals surface area (Å²) in [4.78, 5) is 51.0. The van der Waals surface area contributed by atoms with Crippen LogP contribution in [0.3, 0.4) is 0 Å². The Bertz CT molecular complexity index is 969. The predicted molar refractivity (Wildman–Crippen MR) is 107 cm³/mol. The fourth-order valence-corrected chi connectivity index (χ4v) is 4.32. The maximum atomic E-state index is 12.7. The molecule has 1 aromatic carbocycles. The van der Waals surface area contributed by atoms with Crippen LogP contribution in [0.4, 0.5) is 10.5 Å². The van der Waals surface area contributed by atoms with E-state index in [0.717, 1.165) is 17.7 Å². The van der Waals surface area contributed by atoms with Crippen molar-refractivity contribution >= 4 is 40.6 Å². The number of nitro benzene ring substituents is 1. The Morgan fingerprint density at radius 3 is 2.60 bits per heavy atom. The molecule has 11 heteroatoms. The standard InChI is InChI=1S/C19H19N3O7S/c1-11-2-4-20(5-3-11)17(23)9-21-18(24)16(30-19(21)25)7-12-6-14-15(29-10-28-14)8-13(12)22(26)27/h6-8,11H,2-5,9-10H2,1H3/b16-7-. The number of piperidine rings is 1. The molecule has 0 unspecified atom stereocenters. The van der Waals surface area contributed by atoms with Crippen LogP contribution in [0.1, 0.15) is 25.3 Å². The second-order valence-electron chi connectivity index (χ2n) is 7.35. The minimum absolute atomic E-state index is 0.0158. The van der Waals surface area contributed by atoms with E-state index in [9.17, 15) is 24.5 Å². The first-order valence-electron chi connectivity index (χ1n) is 9.44. The Labute approximate surface area is 175 Å². The van der Waals surface area contributed by atoms with Crippen molar-refractivity contribution < 1.29 is 28.8 Å². The number of nitro groups is 1. The lowest BCUT2D eigenvalue weighted by molar-refractivity contribution is -0.385. The van der Waals surface area contributed by atoms with E-state index >= 15 is 0 Å². The number of amides is 3. The monoisotopic (exact) mass is 433 g/mol. The molecule has 2 fully saturated rings. The molecule has 0 saturated carbocycles. The Kier molecular flexibility index (Phi) is 5.37. The van der Waals surface area contributed by atoms with Gasteiger partial charge in [0, 0.05) is 13.1 Å². The summed E-state index contributed by atoms with van der Waals surface area (Å²) >= 11 is 0.652. The van der Waals surface area contributed by atoms with E-state index in [2.05, 4.69) is 6.92 Å². The third-order valence-electron chi connectivity index (χ3n) is 5.31. The Balaban J connectivity index is 1.53. The van der Waals surface area contributed by atoms with Gasteiger partial charge in [0.05, 0.1) is 21.5 Å². The van der Waals surface area contributed by atoms with E-state index in [1.165, 1.54) is 18.2 Å². The molecule has 3 amide bonds. The van der Waals surface area contributed by atoms with Gasteiger partial charge in [-0.05, 0) is 42.7 Å². The molecule has 158 valence electrons. The highest BCUT2D eigenvalue weighted by Crippen LogP contribution is 2.40. The van der Waals surface area contributed by atoms with Gasteiger partial charge in [0.1, 0.15) is 6.54 Å². The Morgan fingerprint density at radius 1 is 1.27 bits per heavy atom. The second-order valence-corrected chi connectivity index (χ2v) is 8.35. The maximum Gasteiger partial charge on any atom is 0.294 e. The fraction of sp³-hybridized carbons (Fsp3) is 0.421. The molecule has 2 saturated heterocycles. The number of rotatable bonds is 4. The smallest absolute Gasteiger partial charge is 0.294 e. The molecule has 4 rings (SSSR count). The summed E-state index contributed by atoms with van der Waals surface area (Å²) in [7, 11) is 0. The van der Waals surface area contributed by atoms with E-state index < -0.39 is 16.1 Å². The van der Waals surface area contributed by atoms with Crippen LogP contribution in [-0.2, 0) is 9.59 Å². The fourth-order valence-electron chi connectivity index (χ4n) is 3.49. The molecule has 3 aliphatic rings. The van der Waals surface area contributed by atoms with Crippen LogP contribution < -0.4 is 9.47 Å². The molecule has 0 atom stereocenters. The van der Waals surface area contributed by atoms with Gasteiger partial charge in [-0.25, -0.2) is 0 Å². The van der Waals surface area contributed by atoms with Gasteiger partial charge in [0.25, 0.3) is 16.8 Å². The summed E-state index contributed by atoms with van der Waals surface area (Å²) in [6.07, 6.45) is 3.06. The lowest BCUT2D eigenvalue weighted by atomic mass is 9.99. The Hall–Kier alpha value is -3.08. The van der Waals surface area contributed by atoms with Crippen LogP contribution in [0.15, 0.2) is 17.0 Å². The van der Waals surface area contributed by atoms with Gasteiger partial charge in [0.15, 0.2) is 11.5 Å². The minimum atomic E-state index is -0.643. The van der Waals surface area contributed by atoms with Crippen LogP contribution in [0.5, 0.6) is 11.5 Å². The number of ether oxygens (including phenoxy) is 2. The van der Waals surface area contributed by atoms with Gasteiger partial charge in [0.2, 0.25) is 12.7 Å². The molecule has 0 bridgehead atoms. The van der Waals surface area contributed by atoms with Crippen molar-refractivity contribution in [2.45, 2.75) is 19.8 Å². The number of thioether (sulfide) groups is 1. The van der Waals surface area contributed by atoms with E-state index in [0.29, 0.717) is 36.5 Å². The quantitative estimate of drug-likeness (QED) is 0.404. The number of hydrogen-bond acceptors (Lipinski definition) is 8. The van der Waals surface area contributed by atoms with Gasteiger partial charge in [-0.3, -0.25) is 29.4 Å². The third kappa shape index (κ3) is 3.84. The number of carbonyl (C=O) groups is 3. The molecular weight excluding hydrogens is 414 g/mol. The van der Waals surface area contributed by atoms with Gasteiger partial charge in [-0.2, -0.15) is 0 Å². The van der Waals surface area contributed by atoms with E-state index in [1.807, 2.05) is 0 Å². The molecule has 30 heavy (non-hydrogen) atoms. The average Bonchev–Trinajstić information content (AvgIpc) is 3.27. The zero-order valence-corrected chi connectivity index (χ0v) is 17.0. The van der Waals surface area contributed by atoms with Crippen molar-refractivity contribution in [1.82, 2.24) is 9.80 Å². The molecule has 0 aliphatic carbocycles. The lowest BCUT2D eigenvalue weighted by Crippen LogP contribution is -2.45. The van der Waals surface area contributed by atoms with Gasteiger partial charge < -0.3 is 14.4 Å². The predicted octanol–water partition coefficient (Wildman–Crippen LogP) is 2.62. The number of imide groups is 1. The largest absolute Gasteiger partial charge is 0.454 e. The summed E-state index contributed by atoms with van der Waals surface area (Å²) in [5.41, 5.74) is -0.157. The van der Waals surface area contributed by atoms with Crippen LogP contribution >= 0.6 is 11.8 Å². The zero-order chi connectivity index (χ0) is 21.4. The van der Waals surface area contributed by atoms with Gasteiger partial charge >= 0.3 is 0 Å². The van der Waals surface area contributed by atoms with Crippen molar-refractivity contribution in [3.05, 3.63) is 32.7 Å². The number of likely N-dealkylation sites (tertiary alicyclic amines) is 1. The molecular formula is C19H19N3O7S. The number of carbonyl (C=O) groups excluding carboxylic acids is 3. The van der Waals surface area contributed by atoms with E-state index in [4.69, 9.17) is 9.47 Å². The van der Waals surface area contributed by atoms with Crippen LogP contribution in [0.25, 0.3) is 6.08 Å². The average molecular weight is 433 g/mol. The highest BCUT2D eigenvalue weighted by atomic mass is 32.2. The van der Waals surface area contributed by atoms with E-state index in [1.54, 1.807) is 4.90 Å². The molecule has 0 N–H and O–H groups in total. The SMILES string of the molecule is CC1CCN(C(=O)CN2C(=O)S/C(=C\c3cc4c(cc3[N+](=O)[O-])OCO4)C2=O)CC1. The van der Waals surface area contributed by atoms with Crippen molar-refractivity contribution in [3.8, 4) is 11.5 Å². The maximum absolute atomic E-state index is 12.7. The highest BCUT2D eigenvalue weighted by Gasteiger charge is 2.38. The van der Waals surface area contributed by atoms with Gasteiger partial charge in [-0.15, -0.1) is 0 Å². The number of fused-ring (bicyclic) bond motifs is 1. The molecule has 0 radical (unpaired) electrons. The molecule has 3 heterocycles. The summed E-state index contributed by atoms with van der Waals surface area (Å²) in [6.45, 7) is 2.95. The molecule has 10 nitrogen and oxygen atoms in total. The van der Waals surface area contributed by atoms with Crippen molar-refractivity contribution in [1.29, 1.82) is 0 Å². The first kappa shape index (κ1) is 20.2. The number of hydrogen-bond donors (Lipinski definition) is 0. The Morgan fingerprint density at radius 2 is 1.93 bits per heavy atom. The van der Waals surface area contributed by atoms with Gasteiger partial charge in [-0.1, -0.05) is 6.92 Å².